The number of rotatable bonds is 3. The van der Waals surface area contributed by atoms with Crippen LogP contribution in [0.1, 0.15) is 26.7 Å². The summed E-state index contributed by atoms with van der Waals surface area (Å²) in [5, 5.41) is 0. The van der Waals surface area contributed by atoms with Gasteiger partial charge in [-0.25, -0.2) is 0 Å². The molecule has 0 aromatic heterocycles. The fraction of sp³-hybridized carbons (Fsp3) is 0.636. The average Bonchev–Trinajstić information content (AvgIpc) is 2.09. The third kappa shape index (κ3) is 2.34. The van der Waals surface area contributed by atoms with Crippen LogP contribution in [0.5, 0.6) is 0 Å². The second kappa shape index (κ2) is 3.97. The lowest BCUT2D eigenvalue weighted by molar-refractivity contribution is 0.291. The minimum atomic E-state index is 0.251. The van der Waals surface area contributed by atoms with Crippen LogP contribution in [0.25, 0.3) is 0 Å². The lowest BCUT2D eigenvalue weighted by Crippen LogP contribution is -2.20. The summed E-state index contributed by atoms with van der Waals surface area (Å²) in [5.41, 5.74) is 7.22. The van der Waals surface area contributed by atoms with E-state index in [0.717, 1.165) is 18.6 Å². The van der Waals surface area contributed by atoms with Crippen LogP contribution in [-0.4, -0.2) is 13.7 Å². The molecule has 0 aliphatic heterocycles. The van der Waals surface area contributed by atoms with E-state index in [2.05, 4.69) is 26.0 Å². The van der Waals surface area contributed by atoms with Gasteiger partial charge in [0.25, 0.3) is 0 Å². The largest absolute Gasteiger partial charge is 0.497 e. The summed E-state index contributed by atoms with van der Waals surface area (Å²) in [4.78, 5) is 0. The van der Waals surface area contributed by atoms with Crippen molar-refractivity contribution < 1.29 is 4.74 Å². The Kier molecular flexibility index (Phi) is 3.15. The highest BCUT2D eigenvalue weighted by atomic mass is 16.5. The summed E-state index contributed by atoms with van der Waals surface area (Å²) in [6, 6.07) is 0. The minimum Gasteiger partial charge on any atom is -0.497 e. The molecule has 0 radical (unpaired) electrons. The summed E-state index contributed by atoms with van der Waals surface area (Å²) in [5.74, 6) is 0.975. The SMILES string of the molecule is COC1=CCC(C)(C)C(CCN)=C1. The Morgan fingerprint density at radius 1 is 1.54 bits per heavy atom. The van der Waals surface area contributed by atoms with E-state index in [4.69, 9.17) is 10.5 Å². The highest BCUT2D eigenvalue weighted by molar-refractivity contribution is 5.29. The van der Waals surface area contributed by atoms with Crippen molar-refractivity contribution in [3.63, 3.8) is 0 Å². The summed E-state index contributed by atoms with van der Waals surface area (Å²) in [6.45, 7) is 5.21. The maximum absolute atomic E-state index is 5.57. The lowest BCUT2D eigenvalue weighted by atomic mass is 9.76. The molecule has 1 aliphatic rings. The van der Waals surface area contributed by atoms with Gasteiger partial charge in [-0.3, -0.25) is 0 Å². The number of allylic oxidation sites excluding steroid dienone is 2. The molecule has 0 heterocycles. The highest BCUT2D eigenvalue weighted by Gasteiger charge is 2.25. The molecular weight excluding hydrogens is 162 g/mol. The van der Waals surface area contributed by atoms with Gasteiger partial charge in [0.1, 0.15) is 5.76 Å². The molecule has 0 atom stereocenters. The molecule has 2 heteroatoms. The van der Waals surface area contributed by atoms with Crippen LogP contribution in [0, 0.1) is 5.41 Å². The Morgan fingerprint density at radius 2 is 2.23 bits per heavy atom. The van der Waals surface area contributed by atoms with E-state index in [1.807, 2.05) is 0 Å². The maximum atomic E-state index is 5.57. The molecule has 74 valence electrons. The van der Waals surface area contributed by atoms with E-state index in [9.17, 15) is 0 Å². The summed E-state index contributed by atoms with van der Waals surface area (Å²) >= 11 is 0. The normalized spacial score (nSPS) is 20.6. The molecule has 0 bridgehead atoms. The molecule has 0 fully saturated rings. The standard InChI is InChI=1S/C11H19NO/c1-11(2)6-4-10(13-3)8-9(11)5-7-12/h4,8H,5-7,12H2,1-3H3. The molecule has 0 aromatic rings. The second-order valence-corrected chi connectivity index (χ2v) is 4.11. The van der Waals surface area contributed by atoms with Crippen molar-refractivity contribution >= 4 is 0 Å². The first-order valence-electron chi connectivity index (χ1n) is 4.75. The van der Waals surface area contributed by atoms with Gasteiger partial charge in [0.05, 0.1) is 7.11 Å². The van der Waals surface area contributed by atoms with Crippen LogP contribution in [0.4, 0.5) is 0 Å². The van der Waals surface area contributed by atoms with Crippen molar-refractivity contribution in [2.24, 2.45) is 11.1 Å². The predicted octanol–water partition coefficient (Wildman–Crippen LogP) is 2.22. The van der Waals surface area contributed by atoms with Gasteiger partial charge in [0, 0.05) is 0 Å². The lowest BCUT2D eigenvalue weighted by Gasteiger charge is -2.30. The fourth-order valence-corrected chi connectivity index (χ4v) is 1.62. The smallest absolute Gasteiger partial charge is 0.114 e. The molecule has 0 saturated heterocycles. The first-order valence-corrected chi connectivity index (χ1v) is 4.75. The number of hydrogen-bond donors (Lipinski definition) is 1. The summed E-state index contributed by atoms with van der Waals surface area (Å²) in [7, 11) is 1.71. The predicted molar refractivity (Wildman–Crippen MR) is 55.2 cm³/mol. The minimum absolute atomic E-state index is 0.251. The summed E-state index contributed by atoms with van der Waals surface area (Å²) < 4.78 is 5.20. The van der Waals surface area contributed by atoms with Gasteiger partial charge in [-0.05, 0) is 37.0 Å². The van der Waals surface area contributed by atoms with Gasteiger partial charge in [-0.15, -0.1) is 0 Å². The van der Waals surface area contributed by atoms with Crippen molar-refractivity contribution in [2.75, 3.05) is 13.7 Å². The molecule has 2 N–H and O–H groups in total. The Bertz CT molecular complexity index is 238. The number of methoxy groups -OCH3 is 1. The van der Waals surface area contributed by atoms with Gasteiger partial charge < -0.3 is 10.5 Å². The van der Waals surface area contributed by atoms with Crippen LogP contribution in [-0.2, 0) is 4.74 Å². The zero-order chi connectivity index (χ0) is 9.90. The maximum Gasteiger partial charge on any atom is 0.114 e. The van der Waals surface area contributed by atoms with Crippen molar-refractivity contribution in [2.45, 2.75) is 26.7 Å². The van der Waals surface area contributed by atoms with E-state index >= 15 is 0 Å². The zero-order valence-electron chi connectivity index (χ0n) is 8.76. The Morgan fingerprint density at radius 3 is 2.77 bits per heavy atom. The third-order valence-electron chi connectivity index (χ3n) is 2.65. The highest BCUT2D eigenvalue weighted by Crippen LogP contribution is 2.37. The molecule has 1 rings (SSSR count). The topological polar surface area (TPSA) is 35.2 Å². The van der Waals surface area contributed by atoms with E-state index < -0.39 is 0 Å². The van der Waals surface area contributed by atoms with Crippen molar-refractivity contribution in [1.29, 1.82) is 0 Å². The fourth-order valence-electron chi connectivity index (χ4n) is 1.62. The van der Waals surface area contributed by atoms with Crippen LogP contribution in [0.15, 0.2) is 23.5 Å². The quantitative estimate of drug-likeness (QED) is 0.724. The van der Waals surface area contributed by atoms with Gasteiger partial charge in [-0.2, -0.15) is 0 Å². The van der Waals surface area contributed by atoms with Gasteiger partial charge >= 0.3 is 0 Å². The van der Waals surface area contributed by atoms with Crippen LogP contribution in [0.2, 0.25) is 0 Å². The number of ether oxygens (including phenoxy) is 1. The van der Waals surface area contributed by atoms with E-state index in [0.29, 0.717) is 6.54 Å². The van der Waals surface area contributed by atoms with Gasteiger partial charge in [-0.1, -0.05) is 19.4 Å². The van der Waals surface area contributed by atoms with Crippen LogP contribution < -0.4 is 5.73 Å². The van der Waals surface area contributed by atoms with E-state index in [1.165, 1.54) is 5.57 Å². The molecule has 0 spiro atoms. The van der Waals surface area contributed by atoms with Gasteiger partial charge in [0.2, 0.25) is 0 Å². The van der Waals surface area contributed by atoms with Gasteiger partial charge in [0.15, 0.2) is 0 Å². The van der Waals surface area contributed by atoms with Crippen LogP contribution >= 0.6 is 0 Å². The Hall–Kier alpha value is -0.760. The first kappa shape index (κ1) is 10.3. The first-order chi connectivity index (χ1) is 6.10. The van der Waals surface area contributed by atoms with Crippen LogP contribution in [0.3, 0.4) is 0 Å². The monoisotopic (exact) mass is 181 g/mol. The third-order valence-corrected chi connectivity index (χ3v) is 2.65. The molecular formula is C11H19NO. The average molecular weight is 181 g/mol. The molecule has 13 heavy (non-hydrogen) atoms. The summed E-state index contributed by atoms with van der Waals surface area (Å²) in [6.07, 6.45) is 6.27. The molecule has 0 unspecified atom stereocenters. The van der Waals surface area contributed by atoms with Crippen molar-refractivity contribution in [1.82, 2.24) is 0 Å². The van der Waals surface area contributed by atoms with Crippen molar-refractivity contribution in [3.05, 3.63) is 23.5 Å². The van der Waals surface area contributed by atoms with E-state index in [1.54, 1.807) is 7.11 Å². The number of hydrogen-bond acceptors (Lipinski definition) is 2. The van der Waals surface area contributed by atoms with Crippen molar-refractivity contribution in [3.8, 4) is 0 Å². The second-order valence-electron chi connectivity index (χ2n) is 4.11. The molecule has 2 nitrogen and oxygen atoms in total. The zero-order valence-corrected chi connectivity index (χ0v) is 8.76. The molecule has 0 saturated carbocycles. The Labute approximate surface area is 80.5 Å². The molecule has 0 amide bonds. The number of nitrogens with two attached hydrogens (primary N) is 1. The molecule has 0 aromatic carbocycles. The molecule has 1 aliphatic carbocycles. The Balaban J connectivity index is 2.82. The van der Waals surface area contributed by atoms with E-state index in [-0.39, 0.29) is 5.41 Å².